The van der Waals surface area contributed by atoms with Crippen LogP contribution in [0.15, 0.2) is 17.0 Å². The van der Waals surface area contributed by atoms with Crippen molar-refractivity contribution in [2.24, 2.45) is 22.9 Å². The highest BCUT2D eigenvalue weighted by atomic mass is 32.2. The summed E-state index contributed by atoms with van der Waals surface area (Å²) < 4.78 is 24.9. The highest BCUT2D eigenvalue weighted by Gasteiger charge is 2.20. The topological polar surface area (TPSA) is 60.2 Å². The van der Waals surface area contributed by atoms with Gasteiger partial charge in [-0.1, -0.05) is 72.9 Å². The number of hydrogen-bond donors (Lipinski definition) is 1. The summed E-state index contributed by atoms with van der Waals surface area (Å²) in [5, 5.41) is 5.68. The quantitative estimate of drug-likeness (QED) is 0.417. The predicted molar refractivity (Wildman–Crippen MR) is 121 cm³/mol. The molecule has 0 fully saturated rings. The standard InChI is InChI=1S/C24H43NO2S/c1-18(2)10-7-13-21-16-22(14-8-11-19(3)4)24(28(25,26)27)23(17-21)15-9-12-20(5)6/h16-20H,7-15H2,1-6H3,(H2,25,26,27). The number of rotatable bonds is 13. The number of benzene rings is 1. The van der Waals surface area contributed by atoms with Gasteiger partial charge in [-0.3, -0.25) is 0 Å². The van der Waals surface area contributed by atoms with Crippen molar-refractivity contribution in [2.75, 3.05) is 0 Å². The van der Waals surface area contributed by atoms with Gasteiger partial charge in [-0.2, -0.15) is 0 Å². The molecule has 3 nitrogen and oxygen atoms in total. The largest absolute Gasteiger partial charge is 0.238 e. The molecule has 1 rings (SSSR count). The summed E-state index contributed by atoms with van der Waals surface area (Å²) in [4.78, 5) is 0.410. The van der Waals surface area contributed by atoms with E-state index < -0.39 is 10.0 Å². The molecule has 0 heterocycles. The second-order valence-electron chi connectivity index (χ2n) is 9.65. The number of primary sulfonamides is 1. The van der Waals surface area contributed by atoms with Gasteiger partial charge in [0.15, 0.2) is 0 Å². The molecule has 1 aromatic rings. The SMILES string of the molecule is CC(C)CCCc1cc(CCCC(C)C)c(S(N)(=O)=O)c(CCCC(C)C)c1. The normalized spacial score (nSPS) is 12.5. The fraction of sp³-hybridized carbons (Fsp3) is 0.750. The molecule has 0 aliphatic rings. The van der Waals surface area contributed by atoms with Crippen LogP contribution in [-0.2, 0) is 29.3 Å². The Balaban J connectivity index is 3.20. The van der Waals surface area contributed by atoms with Crippen LogP contribution in [0.1, 0.15) is 96.8 Å². The summed E-state index contributed by atoms with van der Waals surface area (Å²) in [5.41, 5.74) is 3.14. The van der Waals surface area contributed by atoms with Crippen LogP contribution < -0.4 is 5.14 Å². The predicted octanol–water partition coefficient (Wildman–Crippen LogP) is 6.27. The molecule has 0 aliphatic heterocycles. The van der Waals surface area contributed by atoms with E-state index in [2.05, 4.69) is 53.7 Å². The third-order valence-electron chi connectivity index (χ3n) is 5.29. The van der Waals surface area contributed by atoms with Crippen LogP contribution in [-0.4, -0.2) is 8.42 Å². The van der Waals surface area contributed by atoms with Gasteiger partial charge in [0.1, 0.15) is 0 Å². The summed E-state index contributed by atoms with van der Waals surface area (Å²) in [6, 6.07) is 4.23. The summed E-state index contributed by atoms with van der Waals surface area (Å²) in [6.45, 7) is 13.3. The van der Waals surface area contributed by atoms with E-state index in [-0.39, 0.29) is 0 Å². The molecule has 4 heteroatoms. The minimum atomic E-state index is -3.72. The summed E-state index contributed by atoms with van der Waals surface area (Å²) in [6.07, 6.45) is 9.14. The molecule has 0 saturated heterocycles. The lowest BCUT2D eigenvalue weighted by atomic mass is 9.93. The van der Waals surface area contributed by atoms with E-state index in [0.29, 0.717) is 22.6 Å². The summed E-state index contributed by atoms with van der Waals surface area (Å²) in [7, 11) is -3.72. The molecule has 0 bridgehead atoms. The van der Waals surface area contributed by atoms with Crippen LogP contribution in [0.4, 0.5) is 0 Å². The van der Waals surface area contributed by atoms with Gasteiger partial charge in [-0.05, 0) is 73.0 Å². The van der Waals surface area contributed by atoms with Crippen LogP contribution in [0.25, 0.3) is 0 Å². The maximum atomic E-state index is 12.5. The number of hydrogen-bond acceptors (Lipinski definition) is 2. The van der Waals surface area contributed by atoms with Gasteiger partial charge in [0.05, 0.1) is 4.90 Å². The zero-order valence-corrected chi connectivity index (χ0v) is 19.9. The Kier molecular flexibility index (Phi) is 10.8. The lowest BCUT2D eigenvalue weighted by molar-refractivity contribution is 0.544. The van der Waals surface area contributed by atoms with Gasteiger partial charge in [0.25, 0.3) is 0 Å². The second kappa shape index (κ2) is 12.0. The fourth-order valence-electron chi connectivity index (χ4n) is 3.82. The third kappa shape index (κ3) is 9.56. The number of aryl methyl sites for hydroxylation is 3. The first-order valence-corrected chi connectivity index (χ1v) is 12.7. The average molecular weight is 410 g/mol. The Hall–Kier alpha value is -0.870. The maximum absolute atomic E-state index is 12.5. The van der Waals surface area contributed by atoms with Crippen molar-refractivity contribution < 1.29 is 8.42 Å². The molecule has 0 amide bonds. The minimum absolute atomic E-state index is 0.410. The highest BCUT2D eigenvalue weighted by molar-refractivity contribution is 7.89. The van der Waals surface area contributed by atoms with Crippen molar-refractivity contribution in [1.29, 1.82) is 0 Å². The van der Waals surface area contributed by atoms with Gasteiger partial charge in [0, 0.05) is 0 Å². The molecule has 162 valence electrons. The Labute approximate surface area is 174 Å². The Morgan fingerprint density at radius 1 is 0.714 bits per heavy atom. The molecule has 0 saturated carbocycles. The first-order valence-electron chi connectivity index (χ1n) is 11.2. The van der Waals surface area contributed by atoms with E-state index in [1.54, 1.807) is 0 Å². The van der Waals surface area contributed by atoms with E-state index in [1.807, 2.05) is 0 Å². The Morgan fingerprint density at radius 2 is 1.07 bits per heavy atom. The van der Waals surface area contributed by atoms with Crippen molar-refractivity contribution in [3.8, 4) is 0 Å². The van der Waals surface area contributed by atoms with Gasteiger partial charge in [-0.15, -0.1) is 0 Å². The van der Waals surface area contributed by atoms with Crippen molar-refractivity contribution in [3.63, 3.8) is 0 Å². The van der Waals surface area contributed by atoms with Crippen LogP contribution in [0.2, 0.25) is 0 Å². The molecule has 0 aliphatic carbocycles. The third-order valence-corrected chi connectivity index (χ3v) is 6.38. The summed E-state index contributed by atoms with van der Waals surface area (Å²) >= 11 is 0. The van der Waals surface area contributed by atoms with Crippen molar-refractivity contribution in [3.05, 3.63) is 28.8 Å². The second-order valence-corrected chi connectivity index (χ2v) is 11.1. The Bertz CT molecular complexity index is 656. The lowest BCUT2D eigenvalue weighted by Crippen LogP contribution is -2.18. The van der Waals surface area contributed by atoms with E-state index in [9.17, 15) is 8.42 Å². The smallest absolute Gasteiger partial charge is 0.225 e. The number of nitrogens with two attached hydrogens (primary N) is 1. The van der Waals surface area contributed by atoms with E-state index in [1.165, 1.54) is 12.0 Å². The number of sulfonamides is 1. The average Bonchev–Trinajstić information content (AvgIpc) is 2.52. The molecular formula is C24H43NO2S. The van der Waals surface area contributed by atoms with E-state index in [4.69, 9.17) is 5.14 Å². The maximum Gasteiger partial charge on any atom is 0.238 e. The van der Waals surface area contributed by atoms with E-state index >= 15 is 0 Å². The van der Waals surface area contributed by atoms with Crippen molar-refractivity contribution in [2.45, 2.75) is 104 Å². The molecular weight excluding hydrogens is 366 g/mol. The minimum Gasteiger partial charge on any atom is -0.225 e. The molecule has 28 heavy (non-hydrogen) atoms. The van der Waals surface area contributed by atoms with Crippen LogP contribution in [0.5, 0.6) is 0 Å². The zero-order chi connectivity index (χ0) is 21.3. The lowest BCUT2D eigenvalue weighted by Gasteiger charge is -2.17. The molecule has 1 aromatic carbocycles. The highest BCUT2D eigenvalue weighted by Crippen LogP contribution is 2.27. The summed E-state index contributed by atoms with van der Waals surface area (Å²) in [5.74, 6) is 1.94. The van der Waals surface area contributed by atoms with Gasteiger partial charge < -0.3 is 0 Å². The molecule has 0 spiro atoms. The van der Waals surface area contributed by atoms with Crippen LogP contribution in [0.3, 0.4) is 0 Å². The molecule has 0 unspecified atom stereocenters. The van der Waals surface area contributed by atoms with Gasteiger partial charge in [0.2, 0.25) is 10.0 Å². The zero-order valence-electron chi connectivity index (χ0n) is 19.1. The first-order chi connectivity index (χ1) is 13.0. The van der Waals surface area contributed by atoms with Gasteiger partial charge >= 0.3 is 0 Å². The molecule has 2 N–H and O–H groups in total. The Morgan fingerprint density at radius 3 is 1.39 bits per heavy atom. The monoisotopic (exact) mass is 409 g/mol. The first kappa shape index (κ1) is 25.2. The van der Waals surface area contributed by atoms with Crippen LogP contribution in [0, 0.1) is 17.8 Å². The fourth-order valence-corrected chi connectivity index (χ4v) is 4.88. The van der Waals surface area contributed by atoms with Gasteiger partial charge in [-0.25, -0.2) is 13.6 Å². The van der Waals surface area contributed by atoms with Crippen molar-refractivity contribution in [1.82, 2.24) is 0 Å². The van der Waals surface area contributed by atoms with E-state index in [0.717, 1.165) is 62.5 Å². The molecule has 0 aromatic heterocycles. The molecule has 0 radical (unpaired) electrons. The van der Waals surface area contributed by atoms with Crippen LogP contribution >= 0.6 is 0 Å². The molecule has 0 atom stereocenters. The van der Waals surface area contributed by atoms with Crippen molar-refractivity contribution >= 4 is 10.0 Å².